The van der Waals surface area contributed by atoms with Crippen LogP contribution in [0.4, 0.5) is 0 Å². The fourth-order valence-corrected chi connectivity index (χ4v) is 4.70. The molecule has 0 saturated heterocycles. The summed E-state index contributed by atoms with van der Waals surface area (Å²) in [5, 5.41) is 0. The van der Waals surface area contributed by atoms with Crippen LogP contribution >= 0.6 is 15.9 Å². The minimum absolute atomic E-state index is 0.150. The average molecular weight is 438 g/mol. The number of rotatable bonds is 5. The van der Waals surface area contributed by atoms with Crippen LogP contribution < -0.4 is 0 Å². The van der Waals surface area contributed by atoms with Crippen LogP contribution in [0, 0.1) is 0 Å². The minimum Gasteiger partial charge on any atom is -0.340 e. The van der Waals surface area contributed by atoms with E-state index in [1.54, 1.807) is 0 Å². The summed E-state index contributed by atoms with van der Waals surface area (Å²) in [5.41, 5.74) is 2.72. The second kappa shape index (κ2) is 7.21. The van der Waals surface area contributed by atoms with Crippen molar-refractivity contribution in [2.45, 2.75) is 38.8 Å². The lowest BCUT2D eigenvalue weighted by molar-refractivity contribution is -0.133. The van der Waals surface area contributed by atoms with Crippen molar-refractivity contribution in [2.24, 2.45) is 0 Å². The maximum atomic E-state index is 13.4. The predicted octanol–water partition coefficient (Wildman–Crippen LogP) is 5.06. The SMILES string of the molecule is CCN(C(=O)CC1(c2ccc(Br)cc2)c2ccccc2-c2nccn21)C(C)C. The quantitative estimate of drug-likeness (QED) is 0.558. The maximum absolute atomic E-state index is 13.4. The lowest BCUT2D eigenvalue weighted by Gasteiger charge is -2.36. The highest BCUT2D eigenvalue weighted by molar-refractivity contribution is 9.10. The third kappa shape index (κ3) is 2.80. The number of carbonyl (C=O) groups excluding carboxylic acids is 1. The van der Waals surface area contributed by atoms with Gasteiger partial charge in [-0.3, -0.25) is 4.79 Å². The molecule has 0 radical (unpaired) electrons. The molecule has 28 heavy (non-hydrogen) atoms. The van der Waals surface area contributed by atoms with Crippen molar-refractivity contribution >= 4 is 21.8 Å². The first kappa shape index (κ1) is 18.9. The van der Waals surface area contributed by atoms with E-state index in [0.29, 0.717) is 13.0 Å². The van der Waals surface area contributed by atoms with E-state index in [4.69, 9.17) is 0 Å². The van der Waals surface area contributed by atoms with E-state index in [9.17, 15) is 4.79 Å². The van der Waals surface area contributed by atoms with Gasteiger partial charge in [-0.05, 0) is 44.0 Å². The van der Waals surface area contributed by atoms with Crippen LogP contribution in [0.5, 0.6) is 0 Å². The molecule has 4 nitrogen and oxygen atoms in total. The average Bonchev–Trinajstić information content (AvgIpc) is 3.25. The third-order valence-corrected chi connectivity index (χ3v) is 6.21. The van der Waals surface area contributed by atoms with Gasteiger partial charge in [0.2, 0.25) is 5.91 Å². The first-order chi connectivity index (χ1) is 13.5. The molecule has 3 aromatic rings. The van der Waals surface area contributed by atoms with Crippen LogP contribution in [-0.4, -0.2) is 32.9 Å². The van der Waals surface area contributed by atoms with Gasteiger partial charge >= 0.3 is 0 Å². The third-order valence-electron chi connectivity index (χ3n) is 5.68. The number of hydrogen-bond acceptors (Lipinski definition) is 2. The van der Waals surface area contributed by atoms with E-state index in [2.05, 4.69) is 63.6 Å². The number of amides is 1. The lowest BCUT2D eigenvalue weighted by atomic mass is 9.79. The van der Waals surface area contributed by atoms with E-state index in [1.807, 2.05) is 48.5 Å². The predicted molar refractivity (Wildman–Crippen MR) is 115 cm³/mol. The van der Waals surface area contributed by atoms with Crippen molar-refractivity contribution < 1.29 is 4.79 Å². The Bertz CT molecular complexity index is 1010. The molecule has 0 aliphatic carbocycles. The van der Waals surface area contributed by atoms with Gasteiger partial charge in [0.1, 0.15) is 11.4 Å². The van der Waals surface area contributed by atoms with Crippen LogP contribution in [0.1, 0.15) is 38.3 Å². The van der Waals surface area contributed by atoms with Gasteiger partial charge < -0.3 is 9.47 Å². The molecule has 1 atom stereocenters. The number of fused-ring (bicyclic) bond motifs is 3. The Labute approximate surface area is 174 Å². The highest BCUT2D eigenvalue weighted by atomic mass is 79.9. The molecule has 1 aliphatic heterocycles. The molecule has 0 spiro atoms. The number of aromatic nitrogens is 2. The smallest absolute Gasteiger partial charge is 0.225 e. The Hall–Kier alpha value is -2.40. The molecule has 1 aliphatic rings. The molecule has 0 fully saturated rings. The highest BCUT2D eigenvalue weighted by Gasteiger charge is 2.46. The second-order valence-corrected chi connectivity index (χ2v) is 8.40. The minimum atomic E-state index is -0.595. The van der Waals surface area contributed by atoms with Crippen molar-refractivity contribution in [2.75, 3.05) is 6.54 Å². The van der Waals surface area contributed by atoms with Crippen LogP contribution in [0.2, 0.25) is 0 Å². The van der Waals surface area contributed by atoms with E-state index < -0.39 is 5.54 Å². The number of halogens is 1. The van der Waals surface area contributed by atoms with Gasteiger partial charge in [0, 0.05) is 35.0 Å². The lowest BCUT2D eigenvalue weighted by Crippen LogP contribution is -2.43. The van der Waals surface area contributed by atoms with Gasteiger partial charge in [0.15, 0.2) is 0 Å². The van der Waals surface area contributed by atoms with Gasteiger partial charge in [-0.1, -0.05) is 52.3 Å². The Morgan fingerprint density at radius 2 is 1.89 bits per heavy atom. The van der Waals surface area contributed by atoms with E-state index in [-0.39, 0.29) is 11.9 Å². The molecule has 0 saturated carbocycles. The highest BCUT2D eigenvalue weighted by Crippen LogP contribution is 2.49. The molecule has 1 amide bonds. The molecule has 1 aromatic heterocycles. The number of nitrogens with zero attached hydrogens (tertiary/aromatic N) is 3. The summed E-state index contributed by atoms with van der Waals surface area (Å²) in [7, 11) is 0. The van der Waals surface area contributed by atoms with Gasteiger partial charge in [-0.15, -0.1) is 0 Å². The van der Waals surface area contributed by atoms with Gasteiger partial charge in [-0.2, -0.15) is 0 Å². The number of benzene rings is 2. The Kier molecular flexibility index (Phi) is 4.88. The Morgan fingerprint density at radius 3 is 2.57 bits per heavy atom. The molecular formula is C23H24BrN3O. The van der Waals surface area contributed by atoms with Crippen molar-refractivity contribution in [3.8, 4) is 11.4 Å². The number of carbonyl (C=O) groups is 1. The van der Waals surface area contributed by atoms with Crippen LogP contribution in [-0.2, 0) is 10.3 Å². The van der Waals surface area contributed by atoms with Crippen LogP contribution in [0.3, 0.4) is 0 Å². The van der Waals surface area contributed by atoms with Gasteiger partial charge in [0.25, 0.3) is 0 Å². The summed E-state index contributed by atoms with van der Waals surface area (Å²) in [6.45, 7) is 6.87. The van der Waals surface area contributed by atoms with E-state index in [1.165, 1.54) is 0 Å². The number of hydrogen-bond donors (Lipinski definition) is 0. The summed E-state index contributed by atoms with van der Waals surface area (Å²) < 4.78 is 3.19. The van der Waals surface area contributed by atoms with E-state index in [0.717, 1.165) is 27.0 Å². The summed E-state index contributed by atoms with van der Waals surface area (Å²) in [6, 6.07) is 16.8. The Balaban J connectivity index is 1.94. The molecule has 0 N–H and O–H groups in total. The van der Waals surface area contributed by atoms with Gasteiger partial charge in [0.05, 0.1) is 6.42 Å². The second-order valence-electron chi connectivity index (χ2n) is 7.48. The van der Waals surface area contributed by atoms with Crippen LogP contribution in [0.25, 0.3) is 11.4 Å². The molecule has 2 aromatic carbocycles. The maximum Gasteiger partial charge on any atom is 0.225 e. The van der Waals surface area contributed by atoms with E-state index >= 15 is 0 Å². The molecule has 4 rings (SSSR count). The molecule has 0 bridgehead atoms. The molecule has 5 heteroatoms. The molecular weight excluding hydrogens is 414 g/mol. The molecule has 1 unspecified atom stereocenters. The summed E-state index contributed by atoms with van der Waals surface area (Å²) in [4.78, 5) is 20.0. The standard InChI is InChI=1S/C23H24BrN3O/c1-4-26(16(2)3)21(28)15-23(17-9-11-18(24)12-10-17)20-8-6-5-7-19(20)22-25-13-14-27(22)23/h5-14,16H,4,15H2,1-3H3. The largest absolute Gasteiger partial charge is 0.340 e. The first-order valence-electron chi connectivity index (χ1n) is 9.68. The normalized spacial score (nSPS) is 17.5. The van der Waals surface area contributed by atoms with Crippen molar-refractivity contribution in [3.05, 3.63) is 76.5 Å². The molecule has 2 heterocycles. The van der Waals surface area contributed by atoms with Crippen molar-refractivity contribution in [3.63, 3.8) is 0 Å². The Morgan fingerprint density at radius 1 is 1.18 bits per heavy atom. The van der Waals surface area contributed by atoms with Crippen molar-refractivity contribution in [1.82, 2.24) is 14.5 Å². The summed E-state index contributed by atoms with van der Waals surface area (Å²) in [6.07, 6.45) is 4.18. The fourth-order valence-electron chi connectivity index (χ4n) is 4.43. The summed E-state index contributed by atoms with van der Waals surface area (Å²) >= 11 is 3.54. The van der Waals surface area contributed by atoms with Crippen LogP contribution in [0.15, 0.2) is 65.4 Å². The summed E-state index contributed by atoms with van der Waals surface area (Å²) in [5.74, 6) is 1.07. The van der Waals surface area contributed by atoms with Gasteiger partial charge in [-0.25, -0.2) is 4.98 Å². The topological polar surface area (TPSA) is 38.1 Å². The zero-order valence-corrected chi connectivity index (χ0v) is 18.0. The zero-order valence-electron chi connectivity index (χ0n) is 16.4. The first-order valence-corrected chi connectivity index (χ1v) is 10.5. The van der Waals surface area contributed by atoms with Crippen molar-refractivity contribution in [1.29, 1.82) is 0 Å². The monoisotopic (exact) mass is 437 g/mol. The fraction of sp³-hybridized carbons (Fsp3) is 0.304. The number of imidazole rings is 1. The molecule has 144 valence electrons. The zero-order chi connectivity index (χ0) is 19.9.